The van der Waals surface area contributed by atoms with E-state index in [1.54, 1.807) is 7.05 Å². The van der Waals surface area contributed by atoms with Gasteiger partial charge in [0, 0.05) is 13.6 Å². The van der Waals surface area contributed by atoms with Gasteiger partial charge >= 0.3 is 12.0 Å². The lowest BCUT2D eigenvalue weighted by molar-refractivity contribution is -0.138. The number of rotatable bonds is 5. The molecule has 0 spiro atoms. The Morgan fingerprint density at radius 3 is 2.41 bits per heavy atom. The molecule has 0 aromatic carbocycles. The molecule has 1 saturated carbocycles. The van der Waals surface area contributed by atoms with Gasteiger partial charge in [-0.3, -0.25) is 4.79 Å². The summed E-state index contributed by atoms with van der Waals surface area (Å²) in [6.45, 7) is 0.144. The van der Waals surface area contributed by atoms with E-state index in [9.17, 15) is 9.59 Å². The average Bonchev–Trinajstić information content (AvgIpc) is 2.65. The molecular formula is C11H20N2O4. The molecule has 1 rings (SSSR count). The van der Waals surface area contributed by atoms with Crippen LogP contribution in [0, 0.1) is 0 Å². The van der Waals surface area contributed by atoms with Crippen LogP contribution in [0.15, 0.2) is 0 Å². The molecule has 0 atom stereocenters. The summed E-state index contributed by atoms with van der Waals surface area (Å²) in [5.41, 5.74) is -0.605. The Hall–Kier alpha value is -1.30. The number of aliphatic hydroxyl groups excluding tert-OH is 1. The van der Waals surface area contributed by atoms with Crippen LogP contribution >= 0.6 is 0 Å². The molecule has 1 fully saturated rings. The second-order valence-electron chi connectivity index (χ2n) is 4.63. The third-order valence-corrected chi connectivity index (χ3v) is 3.20. The number of carboxylic acids is 1. The number of amides is 2. The number of carbonyl (C=O) groups excluding carboxylic acids is 1. The SMILES string of the molecule is CN(CCO)C(=O)NC1(CC(=O)O)CCCC1. The zero-order valence-corrected chi connectivity index (χ0v) is 10.1. The van der Waals surface area contributed by atoms with Crippen LogP contribution in [0.25, 0.3) is 0 Å². The van der Waals surface area contributed by atoms with Gasteiger partial charge in [-0.05, 0) is 12.8 Å². The minimum atomic E-state index is -0.892. The zero-order chi connectivity index (χ0) is 12.9. The predicted octanol–water partition coefficient (Wildman–Crippen LogP) is 0.408. The fourth-order valence-corrected chi connectivity index (χ4v) is 2.26. The van der Waals surface area contributed by atoms with Gasteiger partial charge < -0.3 is 20.4 Å². The monoisotopic (exact) mass is 244 g/mol. The van der Waals surface area contributed by atoms with E-state index in [-0.39, 0.29) is 25.6 Å². The topological polar surface area (TPSA) is 89.9 Å². The van der Waals surface area contributed by atoms with Gasteiger partial charge in [0.25, 0.3) is 0 Å². The molecule has 0 aromatic rings. The summed E-state index contributed by atoms with van der Waals surface area (Å²) >= 11 is 0. The lowest BCUT2D eigenvalue weighted by Gasteiger charge is -2.31. The molecule has 0 saturated heterocycles. The van der Waals surface area contributed by atoms with Crippen LogP contribution in [0.4, 0.5) is 4.79 Å². The number of urea groups is 1. The van der Waals surface area contributed by atoms with Crippen molar-refractivity contribution in [3.8, 4) is 0 Å². The van der Waals surface area contributed by atoms with Gasteiger partial charge in [-0.2, -0.15) is 0 Å². The van der Waals surface area contributed by atoms with Crippen LogP contribution in [0.1, 0.15) is 32.1 Å². The van der Waals surface area contributed by atoms with Crippen molar-refractivity contribution >= 4 is 12.0 Å². The van der Waals surface area contributed by atoms with E-state index in [0.717, 1.165) is 12.8 Å². The molecule has 0 unspecified atom stereocenters. The Kier molecular flexibility index (Phi) is 4.74. The molecule has 0 radical (unpaired) electrons. The number of nitrogens with zero attached hydrogens (tertiary/aromatic N) is 1. The van der Waals surface area contributed by atoms with E-state index in [0.29, 0.717) is 12.8 Å². The maximum absolute atomic E-state index is 11.8. The van der Waals surface area contributed by atoms with Crippen LogP contribution in [-0.4, -0.2) is 52.9 Å². The number of hydrogen-bond donors (Lipinski definition) is 3. The molecule has 6 heteroatoms. The molecule has 0 aromatic heterocycles. The number of aliphatic carboxylic acids is 1. The fourth-order valence-electron chi connectivity index (χ4n) is 2.26. The van der Waals surface area contributed by atoms with Crippen molar-refractivity contribution in [2.24, 2.45) is 0 Å². The Bertz CT molecular complexity index is 287. The third kappa shape index (κ3) is 3.89. The van der Waals surface area contributed by atoms with E-state index >= 15 is 0 Å². The molecule has 0 bridgehead atoms. The van der Waals surface area contributed by atoms with Gasteiger partial charge in [-0.25, -0.2) is 4.79 Å². The highest BCUT2D eigenvalue weighted by atomic mass is 16.4. The summed E-state index contributed by atoms with van der Waals surface area (Å²) in [6, 6.07) is -0.317. The molecular weight excluding hydrogens is 224 g/mol. The first-order chi connectivity index (χ1) is 7.99. The second kappa shape index (κ2) is 5.86. The molecule has 0 aliphatic heterocycles. The van der Waals surface area contributed by atoms with Crippen LogP contribution in [-0.2, 0) is 4.79 Å². The summed E-state index contributed by atoms with van der Waals surface area (Å²) < 4.78 is 0. The molecule has 0 heterocycles. The highest BCUT2D eigenvalue weighted by molar-refractivity contribution is 5.76. The molecule has 2 amide bonds. The van der Waals surface area contributed by atoms with Crippen molar-refractivity contribution in [1.82, 2.24) is 10.2 Å². The van der Waals surface area contributed by atoms with E-state index in [1.165, 1.54) is 4.90 Å². The number of hydrogen-bond acceptors (Lipinski definition) is 3. The Labute approximate surface area is 101 Å². The molecule has 17 heavy (non-hydrogen) atoms. The van der Waals surface area contributed by atoms with Gasteiger partial charge in [0.2, 0.25) is 0 Å². The Morgan fingerprint density at radius 2 is 1.94 bits per heavy atom. The van der Waals surface area contributed by atoms with Crippen LogP contribution < -0.4 is 5.32 Å². The summed E-state index contributed by atoms with van der Waals surface area (Å²) in [5.74, 6) is -0.892. The summed E-state index contributed by atoms with van der Waals surface area (Å²) in [7, 11) is 1.58. The van der Waals surface area contributed by atoms with Gasteiger partial charge in [0.05, 0.1) is 18.6 Å². The molecule has 6 nitrogen and oxygen atoms in total. The molecule has 1 aliphatic carbocycles. The van der Waals surface area contributed by atoms with Crippen LogP contribution in [0.2, 0.25) is 0 Å². The highest BCUT2D eigenvalue weighted by Crippen LogP contribution is 2.32. The van der Waals surface area contributed by atoms with Crippen molar-refractivity contribution in [1.29, 1.82) is 0 Å². The minimum Gasteiger partial charge on any atom is -0.481 e. The maximum atomic E-state index is 11.8. The largest absolute Gasteiger partial charge is 0.481 e. The van der Waals surface area contributed by atoms with Crippen LogP contribution in [0.5, 0.6) is 0 Å². The lowest BCUT2D eigenvalue weighted by atomic mass is 9.93. The number of nitrogens with one attached hydrogen (secondary N) is 1. The summed E-state index contributed by atoms with van der Waals surface area (Å²) in [4.78, 5) is 24.0. The number of carbonyl (C=O) groups is 2. The van der Waals surface area contributed by atoms with E-state index in [2.05, 4.69) is 5.32 Å². The normalized spacial score (nSPS) is 17.8. The summed E-state index contributed by atoms with van der Waals surface area (Å²) in [6.07, 6.45) is 3.26. The van der Waals surface area contributed by atoms with Gasteiger partial charge in [-0.15, -0.1) is 0 Å². The Balaban J connectivity index is 2.60. The Morgan fingerprint density at radius 1 is 1.35 bits per heavy atom. The average molecular weight is 244 g/mol. The van der Waals surface area contributed by atoms with Crippen LogP contribution in [0.3, 0.4) is 0 Å². The number of aliphatic hydroxyl groups is 1. The lowest BCUT2D eigenvalue weighted by Crippen LogP contribution is -2.52. The van der Waals surface area contributed by atoms with E-state index in [4.69, 9.17) is 10.2 Å². The third-order valence-electron chi connectivity index (χ3n) is 3.20. The minimum absolute atomic E-state index is 0.0360. The first-order valence-electron chi connectivity index (χ1n) is 5.85. The smallest absolute Gasteiger partial charge is 0.317 e. The first-order valence-corrected chi connectivity index (χ1v) is 5.85. The first kappa shape index (κ1) is 13.8. The van der Waals surface area contributed by atoms with Crippen molar-refractivity contribution in [2.75, 3.05) is 20.2 Å². The number of carboxylic acid groups (broad SMARTS) is 1. The zero-order valence-electron chi connectivity index (χ0n) is 10.1. The quantitative estimate of drug-likeness (QED) is 0.653. The summed E-state index contributed by atoms with van der Waals surface area (Å²) in [5, 5.41) is 20.4. The molecule has 98 valence electrons. The van der Waals surface area contributed by atoms with Crippen molar-refractivity contribution in [3.63, 3.8) is 0 Å². The van der Waals surface area contributed by atoms with Crippen molar-refractivity contribution in [3.05, 3.63) is 0 Å². The predicted molar refractivity (Wildman–Crippen MR) is 61.7 cm³/mol. The molecule has 3 N–H and O–H groups in total. The van der Waals surface area contributed by atoms with Crippen molar-refractivity contribution < 1.29 is 19.8 Å². The van der Waals surface area contributed by atoms with Gasteiger partial charge in [0.1, 0.15) is 0 Å². The van der Waals surface area contributed by atoms with E-state index < -0.39 is 11.5 Å². The highest BCUT2D eigenvalue weighted by Gasteiger charge is 2.37. The van der Waals surface area contributed by atoms with E-state index in [1.807, 2.05) is 0 Å². The van der Waals surface area contributed by atoms with Gasteiger partial charge in [-0.1, -0.05) is 12.8 Å². The fraction of sp³-hybridized carbons (Fsp3) is 0.818. The second-order valence-corrected chi connectivity index (χ2v) is 4.63. The molecule has 1 aliphatic rings. The standard InChI is InChI=1S/C11H20N2O4/c1-13(6-7-14)10(17)12-11(8-9(15)16)4-2-3-5-11/h14H,2-8H2,1H3,(H,12,17)(H,15,16). The van der Waals surface area contributed by atoms with Gasteiger partial charge in [0.15, 0.2) is 0 Å². The van der Waals surface area contributed by atoms with Crippen molar-refractivity contribution in [2.45, 2.75) is 37.6 Å². The number of likely N-dealkylation sites (N-methyl/N-ethyl adjacent to an activating group) is 1. The maximum Gasteiger partial charge on any atom is 0.317 e.